The van der Waals surface area contributed by atoms with Gasteiger partial charge in [-0.15, -0.1) is 0 Å². The first-order valence-corrected chi connectivity index (χ1v) is 7.09. The Morgan fingerprint density at radius 3 is 2.76 bits per heavy atom. The Kier molecular flexibility index (Phi) is 6.85. The molecule has 0 fully saturated rings. The number of thioether (sulfide) groups is 1. The molecule has 1 amide bonds. The number of H-pyrrole nitrogens is 1. The predicted octanol–water partition coefficient (Wildman–Crippen LogP) is 1.63. The van der Waals surface area contributed by atoms with Gasteiger partial charge in [0, 0.05) is 32.4 Å². The molecule has 2 rings (SSSR count). The van der Waals surface area contributed by atoms with Gasteiger partial charge in [-0.2, -0.15) is 0 Å². The summed E-state index contributed by atoms with van der Waals surface area (Å²) >= 11 is 1.05. The molecule has 2 aromatic rings. The number of carbonyl (C=O) groups is 2. The monoisotopic (exact) mass is 357 g/mol. The molecule has 21 heavy (non-hydrogen) atoms. The van der Waals surface area contributed by atoms with Crippen LogP contribution < -0.4 is 5.32 Å². The van der Waals surface area contributed by atoms with E-state index in [4.69, 9.17) is 0 Å². The Bertz CT molecular complexity index is 599. The van der Waals surface area contributed by atoms with Crippen LogP contribution >= 0.6 is 11.8 Å². The standard InChI is InChI=1S/C13H15N3O3S.Zn/c1-2-14-11(17)7-10(12(18)19)20-13-15-8-5-3-4-6-9(8)16-13;/h3-6,10H,2,7H2,1H3,(H,14,17)(H,15,16)(H,18,19);. The number of aliphatic carboxylic acids is 1. The van der Waals surface area contributed by atoms with E-state index >= 15 is 0 Å². The van der Waals surface area contributed by atoms with E-state index in [9.17, 15) is 14.7 Å². The van der Waals surface area contributed by atoms with E-state index in [-0.39, 0.29) is 31.8 Å². The molecule has 0 saturated carbocycles. The molecular weight excluding hydrogens is 344 g/mol. The van der Waals surface area contributed by atoms with Crippen molar-refractivity contribution in [3.05, 3.63) is 24.3 Å². The van der Waals surface area contributed by atoms with Crippen LogP contribution in [0.5, 0.6) is 0 Å². The Hall–Kier alpha value is -1.40. The van der Waals surface area contributed by atoms with Crippen LogP contribution in [0.4, 0.5) is 0 Å². The van der Waals surface area contributed by atoms with Crippen molar-refractivity contribution in [3.63, 3.8) is 0 Å². The zero-order chi connectivity index (χ0) is 14.5. The third-order valence-electron chi connectivity index (χ3n) is 2.64. The number of carboxylic acids is 1. The molecular formula is C13H15N3O3SZn. The van der Waals surface area contributed by atoms with Crippen molar-refractivity contribution in [2.24, 2.45) is 0 Å². The van der Waals surface area contributed by atoms with Gasteiger partial charge < -0.3 is 15.4 Å². The fraction of sp³-hybridized carbons (Fsp3) is 0.308. The number of amides is 1. The maximum atomic E-state index is 11.5. The SMILES string of the molecule is CCNC(=O)CC(Sc1nc2ccccc2[nH]1)C(=O)O.[Zn]. The second kappa shape index (κ2) is 8.15. The Morgan fingerprint density at radius 1 is 1.43 bits per heavy atom. The molecule has 0 spiro atoms. The normalized spacial score (nSPS) is 11.7. The molecule has 0 bridgehead atoms. The molecule has 108 valence electrons. The summed E-state index contributed by atoms with van der Waals surface area (Å²) in [6, 6.07) is 7.45. The largest absolute Gasteiger partial charge is 0.480 e. The number of aromatic nitrogens is 2. The summed E-state index contributed by atoms with van der Waals surface area (Å²) in [5, 5.41) is 11.4. The molecule has 0 saturated heterocycles. The number of hydrogen-bond donors (Lipinski definition) is 3. The zero-order valence-electron chi connectivity index (χ0n) is 11.6. The molecule has 1 aromatic heterocycles. The average Bonchev–Trinajstić information content (AvgIpc) is 2.80. The fourth-order valence-electron chi connectivity index (χ4n) is 1.74. The summed E-state index contributed by atoms with van der Waals surface area (Å²) < 4.78 is 0. The first-order chi connectivity index (χ1) is 9.60. The van der Waals surface area contributed by atoms with Crippen LogP contribution in [0.1, 0.15) is 13.3 Å². The number of rotatable bonds is 6. The first-order valence-electron chi connectivity index (χ1n) is 6.21. The molecule has 8 heteroatoms. The summed E-state index contributed by atoms with van der Waals surface area (Å²) in [6.45, 7) is 2.28. The molecule has 6 nitrogen and oxygen atoms in total. The van der Waals surface area contributed by atoms with Crippen molar-refractivity contribution < 1.29 is 34.2 Å². The van der Waals surface area contributed by atoms with Gasteiger partial charge in [-0.05, 0) is 19.1 Å². The Labute approximate surface area is 138 Å². The van der Waals surface area contributed by atoms with Gasteiger partial charge in [0.05, 0.1) is 11.0 Å². The van der Waals surface area contributed by atoms with E-state index in [0.717, 1.165) is 22.8 Å². The number of hydrogen-bond acceptors (Lipinski definition) is 4. The topological polar surface area (TPSA) is 95.1 Å². The third-order valence-corrected chi connectivity index (χ3v) is 3.71. The van der Waals surface area contributed by atoms with Gasteiger partial charge in [0.15, 0.2) is 5.16 Å². The number of nitrogens with one attached hydrogen (secondary N) is 2. The maximum Gasteiger partial charge on any atom is 0.317 e. The Morgan fingerprint density at radius 2 is 2.14 bits per heavy atom. The first kappa shape index (κ1) is 17.7. The van der Waals surface area contributed by atoms with Crippen LogP contribution in [0.25, 0.3) is 11.0 Å². The van der Waals surface area contributed by atoms with E-state index in [1.165, 1.54) is 0 Å². The number of carboxylic acid groups (broad SMARTS) is 1. The summed E-state index contributed by atoms with van der Waals surface area (Å²) in [4.78, 5) is 30.1. The minimum absolute atomic E-state index is 0. The van der Waals surface area contributed by atoms with Gasteiger partial charge in [0.1, 0.15) is 5.25 Å². The number of nitrogens with zero attached hydrogens (tertiary/aromatic N) is 1. The fourth-order valence-corrected chi connectivity index (χ4v) is 2.66. The van der Waals surface area contributed by atoms with Crippen LogP contribution in [0.3, 0.4) is 0 Å². The smallest absolute Gasteiger partial charge is 0.317 e. The predicted molar refractivity (Wildman–Crippen MR) is 76.7 cm³/mol. The summed E-state index contributed by atoms with van der Waals surface area (Å²) in [6.07, 6.45) is -0.0785. The number of aromatic amines is 1. The van der Waals surface area contributed by atoms with E-state index in [1.807, 2.05) is 24.3 Å². The molecule has 3 N–H and O–H groups in total. The Balaban J connectivity index is 0.00000220. The third kappa shape index (κ3) is 4.82. The van der Waals surface area contributed by atoms with Gasteiger partial charge in [-0.25, -0.2) is 4.98 Å². The molecule has 0 aliphatic heterocycles. The molecule has 0 aliphatic rings. The number of fused-ring (bicyclic) bond motifs is 1. The van der Waals surface area contributed by atoms with Crippen LogP contribution in [-0.2, 0) is 29.1 Å². The maximum absolute atomic E-state index is 11.5. The van der Waals surface area contributed by atoms with Crippen molar-refractivity contribution in [3.8, 4) is 0 Å². The zero-order valence-corrected chi connectivity index (χ0v) is 15.4. The summed E-state index contributed by atoms with van der Waals surface area (Å²) in [5.74, 6) is -1.30. The molecule has 1 unspecified atom stereocenters. The molecule has 1 atom stereocenters. The quantitative estimate of drug-likeness (QED) is 0.539. The van der Waals surface area contributed by atoms with E-state index in [0.29, 0.717) is 11.7 Å². The number of para-hydroxylation sites is 2. The van der Waals surface area contributed by atoms with Crippen LogP contribution in [-0.4, -0.2) is 38.7 Å². The molecule has 1 aromatic carbocycles. The van der Waals surface area contributed by atoms with E-state index in [1.54, 1.807) is 6.92 Å². The molecule has 0 radical (unpaired) electrons. The molecule has 0 aliphatic carbocycles. The van der Waals surface area contributed by atoms with Gasteiger partial charge in [0.2, 0.25) is 5.91 Å². The minimum atomic E-state index is -1.03. The van der Waals surface area contributed by atoms with Gasteiger partial charge in [0.25, 0.3) is 0 Å². The van der Waals surface area contributed by atoms with Gasteiger partial charge in [-0.1, -0.05) is 23.9 Å². The second-order valence-electron chi connectivity index (χ2n) is 4.16. The second-order valence-corrected chi connectivity index (χ2v) is 5.35. The van der Waals surface area contributed by atoms with Crippen molar-refractivity contribution >= 4 is 34.7 Å². The van der Waals surface area contributed by atoms with Crippen molar-refractivity contribution in [1.82, 2.24) is 15.3 Å². The van der Waals surface area contributed by atoms with E-state index < -0.39 is 11.2 Å². The number of carbonyl (C=O) groups excluding carboxylic acids is 1. The van der Waals surface area contributed by atoms with E-state index in [2.05, 4.69) is 15.3 Å². The van der Waals surface area contributed by atoms with Crippen LogP contribution in [0.15, 0.2) is 29.4 Å². The van der Waals surface area contributed by atoms with Gasteiger partial charge in [-0.3, -0.25) is 9.59 Å². The van der Waals surface area contributed by atoms with Crippen molar-refractivity contribution in [2.45, 2.75) is 23.8 Å². The minimum Gasteiger partial charge on any atom is -0.480 e. The molecule has 1 heterocycles. The van der Waals surface area contributed by atoms with Crippen molar-refractivity contribution in [1.29, 1.82) is 0 Å². The van der Waals surface area contributed by atoms with Gasteiger partial charge >= 0.3 is 5.97 Å². The van der Waals surface area contributed by atoms with Crippen LogP contribution in [0.2, 0.25) is 0 Å². The van der Waals surface area contributed by atoms with Crippen molar-refractivity contribution in [2.75, 3.05) is 6.54 Å². The average molecular weight is 359 g/mol. The van der Waals surface area contributed by atoms with Crippen LogP contribution in [0, 0.1) is 0 Å². The summed E-state index contributed by atoms with van der Waals surface area (Å²) in [7, 11) is 0. The number of imidazole rings is 1. The number of benzene rings is 1. The summed E-state index contributed by atoms with van der Waals surface area (Å²) in [5.41, 5.74) is 1.62.